The van der Waals surface area contributed by atoms with E-state index in [0.717, 1.165) is 30.3 Å². The Bertz CT molecular complexity index is 510. The number of carboxylic acid groups (broad SMARTS) is 1. The Hall–Kier alpha value is -0.560. The summed E-state index contributed by atoms with van der Waals surface area (Å²) < 4.78 is 6.40. The van der Waals surface area contributed by atoms with Gasteiger partial charge < -0.3 is 9.84 Å². The number of benzene rings is 1. The van der Waals surface area contributed by atoms with E-state index in [1.807, 2.05) is 6.07 Å². The van der Waals surface area contributed by atoms with Crippen molar-refractivity contribution in [3.8, 4) is 0 Å². The normalized spacial score (nSPS) is 19.9. The summed E-state index contributed by atoms with van der Waals surface area (Å²) in [4.78, 5) is 14.5. The third-order valence-electron chi connectivity index (χ3n) is 3.50. The maximum atomic E-state index is 11.1. The van der Waals surface area contributed by atoms with E-state index in [0.29, 0.717) is 16.1 Å². The quantitative estimate of drug-likeness (QED) is 0.801. The van der Waals surface area contributed by atoms with Gasteiger partial charge in [0.15, 0.2) is 0 Å². The summed E-state index contributed by atoms with van der Waals surface area (Å²) in [6.07, 6.45) is 0.197. The lowest BCUT2D eigenvalue weighted by Crippen LogP contribution is -2.46. The molecule has 0 aliphatic carbocycles. The minimum atomic E-state index is -0.913. The number of ether oxygens (including phenoxy) is 1. The second-order valence-corrected chi connectivity index (χ2v) is 7.29. The van der Waals surface area contributed by atoms with Gasteiger partial charge in [-0.3, -0.25) is 4.90 Å². The largest absolute Gasteiger partial charge is 0.478 e. The van der Waals surface area contributed by atoms with Gasteiger partial charge in [-0.1, -0.05) is 0 Å². The van der Waals surface area contributed by atoms with Crippen molar-refractivity contribution < 1.29 is 14.6 Å². The molecule has 0 bridgehead atoms. The van der Waals surface area contributed by atoms with Crippen LogP contribution in [0.25, 0.3) is 0 Å². The van der Waals surface area contributed by atoms with Crippen LogP contribution in [-0.2, 0) is 4.74 Å². The van der Waals surface area contributed by atoms with E-state index >= 15 is 0 Å². The van der Waals surface area contributed by atoms with Crippen LogP contribution in [-0.4, -0.2) is 53.6 Å². The minimum Gasteiger partial charge on any atom is -0.478 e. The number of nitrogens with zero attached hydrogens (tertiary/aromatic N) is 1. The fourth-order valence-electron chi connectivity index (χ4n) is 2.26. The Labute approximate surface area is 138 Å². The van der Waals surface area contributed by atoms with E-state index in [2.05, 4.69) is 34.7 Å². The van der Waals surface area contributed by atoms with E-state index in [1.54, 1.807) is 23.9 Å². The molecule has 21 heavy (non-hydrogen) atoms. The van der Waals surface area contributed by atoms with Gasteiger partial charge in [0, 0.05) is 34.3 Å². The summed E-state index contributed by atoms with van der Waals surface area (Å²) in [5.41, 5.74) is 0.299. The van der Waals surface area contributed by atoms with Crippen LogP contribution in [0.15, 0.2) is 27.6 Å². The molecule has 0 spiro atoms. The standard InChI is InChI=1S/C15H20BrNO3S/c1-10(2)17-5-6-20-11(8-17)9-21-12-3-4-14(16)13(7-12)15(18)19/h3-4,7,10-11H,5-6,8-9H2,1-2H3,(H,18,19). The van der Waals surface area contributed by atoms with Crippen molar-refractivity contribution in [2.75, 3.05) is 25.4 Å². The number of carboxylic acids is 1. The molecule has 1 aliphatic rings. The van der Waals surface area contributed by atoms with E-state index in [4.69, 9.17) is 9.84 Å². The molecule has 4 nitrogen and oxygen atoms in total. The highest BCUT2D eigenvalue weighted by atomic mass is 79.9. The maximum Gasteiger partial charge on any atom is 0.336 e. The van der Waals surface area contributed by atoms with Gasteiger partial charge in [0.25, 0.3) is 0 Å². The molecule has 0 aromatic heterocycles. The van der Waals surface area contributed by atoms with Crippen molar-refractivity contribution in [1.29, 1.82) is 0 Å². The highest BCUT2D eigenvalue weighted by Crippen LogP contribution is 2.26. The number of hydrogen-bond acceptors (Lipinski definition) is 4. The summed E-state index contributed by atoms with van der Waals surface area (Å²) in [5, 5.41) is 9.13. The van der Waals surface area contributed by atoms with Gasteiger partial charge in [0.05, 0.1) is 18.3 Å². The predicted molar refractivity (Wildman–Crippen MR) is 88.3 cm³/mol. The van der Waals surface area contributed by atoms with E-state index < -0.39 is 5.97 Å². The number of thioether (sulfide) groups is 1. The number of hydrogen-bond donors (Lipinski definition) is 1. The van der Waals surface area contributed by atoms with E-state index in [9.17, 15) is 4.79 Å². The topological polar surface area (TPSA) is 49.8 Å². The zero-order valence-electron chi connectivity index (χ0n) is 12.2. The number of aromatic carboxylic acids is 1. The summed E-state index contributed by atoms with van der Waals surface area (Å²) in [7, 11) is 0. The second kappa shape index (κ2) is 7.63. The molecular weight excluding hydrogens is 354 g/mol. The minimum absolute atomic E-state index is 0.197. The first-order valence-corrected chi connectivity index (χ1v) is 8.76. The van der Waals surface area contributed by atoms with E-state index in [-0.39, 0.29) is 6.10 Å². The van der Waals surface area contributed by atoms with Gasteiger partial charge in [-0.15, -0.1) is 11.8 Å². The van der Waals surface area contributed by atoms with Gasteiger partial charge in [-0.2, -0.15) is 0 Å². The SMILES string of the molecule is CC(C)N1CCOC(CSc2ccc(Br)c(C(=O)O)c2)C1. The van der Waals surface area contributed by atoms with Gasteiger partial charge in [0.2, 0.25) is 0 Å². The molecule has 1 aromatic rings. The molecular formula is C15H20BrNO3S. The molecule has 2 rings (SSSR count). The molecule has 1 N–H and O–H groups in total. The number of halogens is 1. The van der Waals surface area contributed by atoms with E-state index in [1.165, 1.54) is 0 Å². The predicted octanol–water partition coefficient (Wildman–Crippen LogP) is 3.35. The van der Waals surface area contributed by atoms with Crippen molar-refractivity contribution in [3.63, 3.8) is 0 Å². The van der Waals surface area contributed by atoms with Crippen molar-refractivity contribution in [3.05, 3.63) is 28.2 Å². The lowest BCUT2D eigenvalue weighted by Gasteiger charge is -2.35. The maximum absolute atomic E-state index is 11.1. The molecule has 6 heteroatoms. The first kappa shape index (κ1) is 16.8. The van der Waals surface area contributed by atoms with Crippen molar-refractivity contribution in [1.82, 2.24) is 4.90 Å². The van der Waals surface area contributed by atoms with Gasteiger partial charge in [-0.05, 0) is 48.0 Å². The first-order valence-electron chi connectivity index (χ1n) is 6.98. The number of morpholine rings is 1. The molecule has 0 radical (unpaired) electrons. The van der Waals surface area contributed by atoms with Gasteiger partial charge >= 0.3 is 5.97 Å². The molecule has 1 aliphatic heterocycles. The second-order valence-electron chi connectivity index (χ2n) is 5.34. The van der Waals surface area contributed by atoms with Gasteiger partial charge in [-0.25, -0.2) is 4.79 Å². The van der Waals surface area contributed by atoms with Crippen LogP contribution in [0.3, 0.4) is 0 Å². The molecule has 1 fully saturated rings. The average Bonchev–Trinajstić information content (AvgIpc) is 2.46. The fourth-order valence-corrected chi connectivity index (χ4v) is 3.62. The molecule has 1 heterocycles. The summed E-state index contributed by atoms with van der Waals surface area (Å²) >= 11 is 4.91. The van der Waals surface area contributed by atoms with Crippen LogP contribution >= 0.6 is 27.7 Å². The Morgan fingerprint density at radius 2 is 2.33 bits per heavy atom. The Morgan fingerprint density at radius 1 is 1.57 bits per heavy atom. The molecule has 0 amide bonds. The molecule has 0 saturated carbocycles. The highest BCUT2D eigenvalue weighted by molar-refractivity contribution is 9.10. The summed E-state index contributed by atoms with van der Waals surface area (Å²) in [6, 6.07) is 5.96. The molecule has 1 saturated heterocycles. The zero-order chi connectivity index (χ0) is 15.4. The van der Waals surface area contributed by atoms with Crippen LogP contribution in [0.1, 0.15) is 24.2 Å². The van der Waals surface area contributed by atoms with Gasteiger partial charge in [0.1, 0.15) is 0 Å². The lowest BCUT2D eigenvalue weighted by atomic mass is 10.2. The summed E-state index contributed by atoms with van der Waals surface area (Å²) in [5.74, 6) is -0.0755. The smallest absolute Gasteiger partial charge is 0.336 e. The van der Waals surface area contributed by atoms with Crippen LogP contribution in [0, 0.1) is 0 Å². The highest BCUT2D eigenvalue weighted by Gasteiger charge is 2.22. The number of rotatable bonds is 5. The van der Waals surface area contributed by atoms with Crippen molar-refractivity contribution in [2.24, 2.45) is 0 Å². The summed E-state index contributed by atoms with van der Waals surface area (Å²) in [6.45, 7) is 7.09. The molecule has 1 unspecified atom stereocenters. The number of carbonyl (C=O) groups is 1. The fraction of sp³-hybridized carbons (Fsp3) is 0.533. The van der Waals surface area contributed by atoms with Crippen LogP contribution < -0.4 is 0 Å². The average molecular weight is 374 g/mol. The van der Waals surface area contributed by atoms with Crippen molar-refractivity contribution in [2.45, 2.75) is 30.9 Å². The third kappa shape index (κ3) is 4.71. The van der Waals surface area contributed by atoms with Crippen molar-refractivity contribution >= 4 is 33.7 Å². The van der Waals surface area contributed by atoms with Crippen LogP contribution in [0.5, 0.6) is 0 Å². The zero-order valence-corrected chi connectivity index (χ0v) is 14.6. The Kier molecular flexibility index (Phi) is 6.10. The first-order chi connectivity index (χ1) is 9.97. The Morgan fingerprint density at radius 3 is 3.00 bits per heavy atom. The Balaban J connectivity index is 1.94. The monoisotopic (exact) mass is 373 g/mol. The lowest BCUT2D eigenvalue weighted by molar-refractivity contribution is -0.0265. The molecule has 1 aromatic carbocycles. The van der Waals surface area contributed by atoms with Crippen LogP contribution in [0.2, 0.25) is 0 Å². The molecule has 1 atom stereocenters. The molecule has 116 valence electrons. The van der Waals surface area contributed by atoms with Crippen LogP contribution in [0.4, 0.5) is 0 Å². The third-order valence-corrected chi connectivity index (χ3v) is 5.32.